The number of oxime groups is 1. The van der Waals surface area contributed by atoms with Crippen molar-refractivity contribution in [2.45, 2.75) is 77.6 Å². The normalized spacial score (nSPS) is 22.5. The number of amides is 2. The van der Waals surface area contributed by atoms with Gasteiger partial charge >= 0.3 is 5.97 Å². The molecule has 1 fully saturated rings. The van der Waals surface area contributed by atoms with E-state index in [1.165, 1.54) is 16.8 Å². The van der Waals surface area contributed by atoms with Crippen molar-refractivity contribution in [3.63, 3.8) is 0 Å². The van der Waals surface area contributed by atoms with Crippen LogP contribution in [0.25, 0.3) is 0 Å². The van der Waals surface area contributed by atoms with Gasteiger partial charge in [0.25, 0.3) is 11.8 Å². The Balaban J connectivity index is 1.56. The monoisotopic (exact) mass is 600 g/mol. The molecule has 0 unspecified atom stereocenters. The van der Waals surface area contributed by atoms with Gasteiger partial charge in [0.05, 0.1) is 11.8 Å². The van der Waals surface area contributed by atoms with Crippen LogP contribution in [-0.4, -0.2) is 57.9 Å². The van der Waals surface area contributed by atoms with Gasteiger partial charge in [0.2, 0.25) is 18.0 Å². The van der Waals surface area contributed by atoms with Gasteiger partial charge in [-0.25, -0.2) is 8.78 Å². The Hall–Kier alpha value is -4.29. The van der Waals surface area contributed by atoms with E-state index in [1.54, 1.807) is 4.90 Å². The van der Waals surface area contributed by atoms with Gasteiger partial charge in [0, 0.05) is 49.8 Å². The quantitative estimate of drug-likeness (QED) is 0.362. The van der Waals surface area contributed by atoms with Crippen molar-refractivity contribution < 1.29 is 37.5 Å². The summed E-state index contributed by atoms with van der Waals surface area (Å²) in [6, 6.07) is 2.21. The number of fused-ring (bicyclic) bond motifs is 5. The van der Waals surface area contributed by atoms with Crippen LogP contribution in [0, 0.1) is 17.6 Å². The maximum Gasteiger partial charge on any atom is 0.308 e. The van der Waals surface area contributed by atoms with Gasteiger partial charge in [0.1, 0.15) is 17.2 Å². The zero-order chi connectivity index (χ0) is 31.1. The predicted octanol–water partition coefficient (Wildman–Crippen LogP) is 3.70. The topological polar surface area (TPSA) is 129 Å². The molecular formula is C30H34F2N4O7. The van der Waals surface area contributed by atoms with Crippen molar-refractivity contribution in [2.75, 3.05) is 13.3 Å². The molecule has 2 amide bonds. The molecule has 3 aliphatic heterocycles. The van der Waals surface area contributed by atoms with Crippen LogP contribution >= 0.6 is 0 Å². The number of rotatable bonds is 8. The molecule has 2 bridgehead atoms. The third kappa shape index (κ3) is 5.84. The predicted molar refractivity (Wildman–Crippen MR) is 150 cm³/mol. The first-order valence-electron chi connectivity index (χ1n) is 14.2. The van der Waals surface area contributed by atoms with Gasteiger partial charge in [0.15, 0.2) is 11.3 Å². The van der Waals surface area contributed by atoms with Crippen LogP contribution in [0.3, 0.4) is 0 Å². The summed E-state index contributed by atoms with van der Waals surface area (Å²) in [6.45, 7) is 6.69. The van der Waals surface area contributed by atoms with E-state index in [9.17, 15) is 28.0 Å². The number of aromatic nitrogens is 1. The van der Waals surface area contributed by atoms with Gasteiger partial charge in [-0.3, -0.25) is 19.2 Å². The maximum atomic E-state index is 14.2. The summed E-state index contributed by atoms with van der Waals surface area (Å²) in [6.07, 6.45) is 3.06. The van der Waals surface area contributed by atoms with Crippen LogP contribution in [-0.2, 0) is 20.9 Å². The molecule has 43 heavy (non-hydrogen) atoms. The molecule has 1 spiro atoms. The highest BCUT2D eigenvalue weighted by Crippen LogP contribution is 2.46. The number of pyridine rings is 1. The molecular weight excluding hydrogens is 566 g/mol. The van der Waals surface area contributed by atoms with Gasteiger partial charge in [-0.05, 0) is 38.7 Å². The van der Waals surface area contributed by atoms with Gasteiger partial charge in [-0.1, -0.05) is 25.1 Å². The van der Waals surface area contributed by atoms with Crippen molar-refractivity contribution in [3.05, 3.63) is 63.1 Å². The Kier molecular flexibility index (Phi) is 8.26. The summed E-state index contributed by atoms with van der Waals surface area (Å²) >= 11 is 0. The lowest BCUT2D eigenvalue weighted by Gasteiger charge is -2.42. The second-order valence-electron chi connectivity index (χ2n) is 11.8. The van der Waals surface area contributed by atoms with E-state index >= 15 is 0 Å². The van der Waals surface area contributed by atoms with Crippen LogP contribution in [0.1, 0.15) is 85.8 Å². The molecule has 5 rings (SSSR count). The molecule has 3 aliphatic rings. The molecule has 0 aliphatic carbocycles. The minimum atomic E-state index is -0.905. The number of carbonyl (C=O) groups excluding carboxylic acids is 3. The Labute approximate surface area is 246 Å². The van der Waals surface area contributed by atoms with E-state index in [1.807, 2.05) is 27.7 Å². The highest BCUT2D eigenvalue weighted by Gasteiger charge is 2.54. The molecule has 1 N–H and O–H groups in total. The Morgan fingerprint density at radius 1 is 1.26 bits per heavy atom. The lowest BCUT2D eigenvalue weighted by Crippen LogP contribution is -2.52. The van der Waals surface area contributed by atoms with E-state index in [-0.39, 0.29) is 48.3 Å². The number of esters is 1. The maximum absolute atomic E-state index is 14.2. The highest BCUT2D eigenvalue weighted by atomic mass is 19.1. The Morgan fingerprint density at radius 2 is 2.02 bits per heavy atom. The second-order valence-corrected chi connectivity index (χ2v) is 11.8. The van der Waals surface area contributed by atoms with E-state index in [2.05, 4.69) is 10.5 Å². The summed E-state index contributed by atoms with van der Waals surface area (Å²) in [4.78, 5) is 60.9. The molecule has 1 aromatic carbocycles. The summed E-state index contributed by atoms with van der Waals surface area (Å²) < 4.78 is 40.0. The van der Waals surface area contributed by atoms with Crippen LogP contribution in [0.5, 0.6) is 5.75 Å². The standard InChI is InChI=1S/C30H34F2N4O7/c1-16(2)9-24(37)41-15-42-27-25-29(40)35-14-23(30(8-7-18(35)4)11-17(3)34-43-30)36(25)13-21(26(27)38)28(39)33-12-19-5-6-20(31)10-22(19)32/h5-6,10,13,16,18,23H,7-9,11-12,14-15H2,1-4H3,(H,33,39)/t18-,23+,30-/m0/s1. The molecule has 1 aromatic heterocycles. The van der Waals surface area contributed by atoms with Crippen LogP contribution in [0.15, 0.2) is 34.3 Å². The molecule has 3 atom stereocenters. The Bertz CT molecular complexity index is 1560. The molecule has 0 saturated carbocycles. The number of hydrogen-bond donors (Lipinski definition) is 1. The summed E-state index contributed by atoms with van der Waals surface area (Å²) in [5.41, 5.74) is -1.44. The summed E-state index contributed by atoms with van der Waals surface area (Å²) in [5, 5.41) is 6.69. The SMILES string of the molecule is CC1=NO[C@@]2(CC[C@H](C)N3C[C@H]2n2cc(C(=O)NCc4ccc(F)cc4F)c(=O)c(OCOC(=O)CC(C)C)c2C3=O)C1. The van der Waals surface area contributed by atoms with Crippen molar-refractivity contribution in [1.29, 1.82) is 0 Å². The largest absolute Gasteiger partial charge is 0.451 e. The average Bonchev–Trinajstić information content (AvgIpc) is 3.27. The fourth-order valence-corrected chi connectivity index (χ4v) is 5.89. The van der Waals surface area contributed by atoms with E-state index in [0.717, 1.165) is 11.8 Å². The third-order valence-electron chi connectivity index (χ3n) is 8.12. The smallest absolute Gasteiger partial charge is 0.308 e. The van der Waals surface area contributed by atoms with Gasteiger partial charge < -0.3 is 29.1 Å². The van der Waals surface area contributed by atoms with Crippen LogP contribution in [0.4, 0.5) is 8.78 Å². The molecule has 4 heterocycles. The van der Waals surface area contributed by atoms with Crippen molar-refractivity contribution >= 4 is 23.5 Å². The highest BCUT2D eigenvalue weighted by molar-refractivity contribution is 5.99. The molecule has 1 saturated heterocycles. The number of halogens is 2. The first kappa shape index (κ1) is 30.2. The molecule has 11 nitrogen and oxygen atoms in total. The average molecular weight is 601 g/mol. The molecule has 13 heteroatoms. The van der Waals surface area contributed by atoms with E-state index in [4.69, 9.17) is 14.3 Å². The number of hydrogen-bond acceptors (Lipinski definition) is 8. The number of nitrogens with one attached hydrogen (secondary N) is 1. The zero-order valence-electron chi connectivity index (χ0n) is 24.4. The number of benzene rings is 1. The fourth-order valence-electron chi connectivity index (χ4n) is 5.89. The minimum absolute atomic E-state index is 0.0101. The second kappa shape index (κ2) is 11.8. The van der Waals surface area contributed by atoms with Crippen molar-refractivity contribution in [3.8, 4) is 5.75 Å². The minimum Gasteiger partial charge on any atom is -0.451 e. The fraction of sp³-hybridized carbons (Fsp3) is 0.500. The van der Waals surface area contributed by atoms with Crippen molar-refractivity contribution in [2.24, 2.45) is 11.1 Å². The number of nitrogens with zero attached hydrogens (tertiary/aromatic N) is 3. The number of carbonyl (C=O) groups is 3. The third-order valence-corrected chi connectivity index (χ3v) is 8.12. The van der Waals surface area contributed by atoms with Crippen molar-refractivity contribution in [1.82, 2.24) is 14.8 Å². The van der Waals surface area contributed by atoms with Gasteiger partial charge in [-0.2, -0.15) is 0 Å². The first-order chi connectivity index (χ1) is 20.4. The lowest BCUT2D eigenvalue weighted by atomic mass is 9.84. The summed E-state index contributed by atoms with van der Waals surface area (Å²) in [5.74, 6) is -3.94. The molecule has 0 radical (unpaired) electrons. The van der Waals surface area contributed by atoms with Gasteiger partial charge in [-0.15, -0.1) is 0 Å². The Morgan fingerprint density at radius 3 is 2.70 bits per heavy atom. The van der Waals surface area contributed by atoms with Crippen LogP contribution < -0.4 is 15.5 Å². The summed E-state index contributed by atoms with van der Waals surface area (Å²) in [7, 11) is 0. The van der Waals surface area contributed by atoms with E-state index in [0.29, 0.717) is 25.3 Å². The van der Waals surface area contributed by atoms with Crippen LogP contribution in [0.2, 0.25) is 0 Å². The molecule has 2 aromatic rings. The van der Waals surface area contributed by atoms with E-state index < -0.39 is 59.0 Å². The number of ether oxygens (including phenoxy) is 2. The lowest BCUT2D eigenvalue weighted by molar-refractivity contribution is -0.151. The zero-order valence-corrected chi connectivity index (χ0v) is 24.4. The molecule has 230 valence electrons. The first-order valence-corrected chi connectivity index (χ1v) is 14.2.